The highest BCUT2D eigenvalue weighted by Crippen LogP contribution is 2.36. The van der Waals surface area contributed by atoms with Gasteiger partial charge in [0.1, 0.15) is 11.6 Å². The first kappa shape index (κ1) is 19.2. The van der Waals surface area contributed by atoms with E-state index in [9.17, 15) is 14.7 Å². The number of carboxylic acids is 1. The molecule has 3 aromatic rings. The van der Waals surface area contributed by atoms with Crippen molar-refractivity contribution < 1.29 is 14.6 Å². The van der Waals surface area contributed by atoms with E-state index in [-0.39, 0.29) is 23.4 Å². The first-order valence-corrected chi connectivity index (χ1v) is 10.0. The van der Waals surface area contributed by atoms with Gasteiger partial charge in [-0.05, 0) is 44.2 Å². The molecule has 1 aromatic carbocycles. The molecule has 29 heavy (non-hydrogen) atoms. The van der Waals surface area contributed by atoms with Crippen molar-refractivity contribution in [3.63, 3.8) is 0 Å². The summed E-state index contributed by atoms with van der Waals surface area (Å²) in [5.41, 5.74) is 0.526. The monoisotopic (exact) mass is 396 g/mol. The van der Waals surface area contributed by atoms with E-state index in [1.807, 2.05) is 29.7 Å². The van der Waals surface area contributed by atoms with Crippen molar-refractivity contribution in [2.45, 2.75) is 51.5 Å². The third kappa shape index (κ3) is 3.87. The van der Waals surface area contributed by atoms with E-state index in [2.05, 4.69) is 9.97 Å². The molecule has 0 bridgehead atoms. The minimum atomic E-state index is -0.730. The second-order valence-corrected chi connectivity index (χ2v) is 7.47. The average Bonchev–Trinajstić information content (AvgIpc) is 3.08. The van der Waals surface area contributed by atoms with E-state index in [0.29, 0.717) is 36.3 Å². The van der Waals surface area contributed by atoms with Crippen LogP contribution in [0.25, 0.3) is 11.2 Å². The first-order chi connectivity index (χ1) is 14.1. The van der Waals surface area contributed by atoms with Gasteiger partial charge >= 0.3 is 12.0 Å². The SMILES string of the molecule is CCCn1c(C2CCC(C(=O)O)CC2)nc2nc(Oc3ccccc3)[nH]c(=O)c21. The van der Waals surface area contributed by atoms with Crippen LogP contribution in [0.3, 0.4) is 0 Å². The van der Waals surface area contributed by atoms with Gasteiger partial charge in [-0.15, -0.1) is 0 Å². The third-order valence-electron chi connectivity index (χ3n) is 5.47. The summed E-state index contributed by atoms with van der Waals surface area (Å²) in [7, 11) is 0. The van der Waals surface area contributed by atoms with Crippen LogP contribution in [0.4, 0.5) is 0 Å². The second kappa shape index (κ2) is 8.06. The molecule has 8 nitrogen and oxygen atoms in total. The fourth-order valence-corrected chi connectivity index (χ4v) is 4.05. The van der Waals surface area contributed by atoms with Gasteiger partial charge in [0.15, 0.2) is 11.2 Å². The molecule has 0 spiro atoms. The van der Waals surface area contributed by atoms with Crippen molar-refractivity contribution in [2.24, 2.45) is 5.92 Å². The minimum Gasteiger partial charge on any atom is -0.481 e. The van der Waals surface area contributed by atoms with E-state index < -0.39 is 5.97 Å². The van der Waals surface area contributed by atoms with E-state index in [1.165, 1.54) is 0 Å². The van der Waals surface area contributed by atoms with Crippen molar-refractivity contribution >= 4 is 17.1 Å². The van der Waals surface area contributed by atoms with Gasteiger partial charge in [-0.2, -0.15) is 4.98 Å². The van der Waals surface area contributed by atoms with Crippen molar-refractivity contribution in [3.8, 4) is 11.8 Å². The van der Waals surface area contributed by atoms with Gasteiger partial charge in [-0.25, -0.2) is 4.98 Å². The van der Waals surface area contributed by atoms with Crippen LogP contribution in [0.15, 0.2) is 35.1 Å². The lowest BCUT2D eigenvalue weighted by Gasteiger charge is -2.26. The van der Waals surface area contributed by atoms with Crippen LogP contribution < -0.4 is 10.3 Å². The van der Waals surface area contributed by atoms with Crippen LogP contribution in [-0.4, -0.2) is 30.6 Å². The number of aryl methyl sites for hydroxylation is 1. The molecule has 0 amide bonds. The quantitative estimate of drug-likeness (QED) is 0.658. The smallest absolute Gasteiger partial charge is 0.306 e. The van der Waals surface area contributed by atoms with Gasteiger partial charge < -0.3 is 14.4 Å². The number of rotatable bonds is 6. The first-order valence-electron chi connectivity index (χ1n) is 10.0. The van der Waals surface area contributed by atoms with E-state index in [4.69, 9.17) is 9.72 Å². The van der Waals surface area contributed by atoms with E-state index in [0.717, 1.165) is 25.1 Å². The molecule has 0 atom stereocenters. The van der Waals surface area contributed by atoms with Gasteiger partial charge in [0.25, 0.3) is 5.56 Å². The zero-order chi connectivity index (χ0) is 20.4. The Morgan fingerprint density at radius 1 is 1.21 bits per heavy atom. The number of aliphatic carboxylic acids is 1. The highest BCUT2D eigenvalue weighted by atomic mass is 16.5. The number of aromatic nitrogens is 4. The maximum absolute atomic E-state index is 12.8. The Balaban J connectivity index is 1.69. The largest absolute Gasteiger partial charge is 0.481 e. The zero-order valence-electron chi connectivity index (χ0n) is 16.3. The number of imidazole rings is 1. The van der Waals surface area contributed by atoms with Crippen molar-refractivity contribution in [1.29, 1.82) is 0 Å². The van der Waals surface area contributed by atoms with Crippen LogP contribution >= 0.6 is 0 Å². The summed E-state index contributed by atoms with van der Waals surface area (Å²) in [5, 5.41) is 9.25. The molecular formula is C21H24N4O4. The maximum Gasteiger partial charge on any atom is 0.306 e. The van der Waals surface area contributed by atoms with Crippen LogP contribution in [0.2, 0.25) is 0 Å². The number of fused-ring (bicyclic) bond motifs is 1. The number of nitrogens with zero attached hydrogens (tertiary/aromatic N) is 3. The molecule has 1 aliphatic rings. The molecule has 152 valence electrons. The zero-order valence-corrected chi connectivity index (χ0v) is 16.3. The van der Waals surface area contributed by atoms with Gasteiger partial charge in [0.05, 0.1) is 5.92 Å². The van der Waals surface area contributed by atoms with Gasteiger partial charge in [-0.1, -0.05) is 25.1 Å². The van der Waals surface area contributed by atoms with Crippen molar-refractivity contribution in [1.82, 2.24) is 19.5 Å². The summed E-state index contributed by atoms with van der Waals surface area (Å²) in [6.07, 6.45) is 3.60. The molecule has 2 N–H and O–H groups in total. The normalized spacial score (nSPS) is 19.3. The van der Waals surface area contributed by atoms with E-state index >= 15 is 0 Å². The molecular weight excluding hydrogens is 372 g/mol. The lowest BCUT2D eigenvalue weighted by molar-refractivity contribution is -0.142. The van der Waals surface area contributed by atoms with Crippen LogP contribution in [0.5, 0.6) is 11.8 Å². The Hall–Kier alpha value is -3.16. The number of benzene rings is 1. The van der Waals surface area contributed by atoms with Crippen molar-refractivity contribution in [2.75, 3.05) is 0 Å². The molecule has 0 unspecified atom stereocenters. The highest BCUT2D eigenvalue weighted by Gasteiger charge is 2.30. The Morgan fingerprint density at radius 2 is 1.93 bits per heavy atom. The van der Waals surface area contributed by atoms with Gasteiger partial charge in [0, 0.05) is 12.5 Å². The number of aromatic amines is 1. The van der Waals surface area contributed by atoms with Crippen molar-refractivity contribution in [3.05, 3.63) is 46.5 Å². The summed E-state index contributed by atoms with van der Waals surface area (Å²) in [6, 6.07) is 9.24. The van der Waals surface area contributed by atoms with Gasteiger partial charge in [0.2, 0.25) is 0 Å². The third-order valence-corrected chi connectivity index (χ3v) is 5.47. The Morgan fingerprint density at radius 3 is 2.59 bits per heavy atom. The van der Waals surface area contributed by atoms with Crippen LogP contribution in [-0.2, 0) is 11.3 Å². The molecule has 0 aliphatic heterocycles. The number of carboxylic acid groups (broad SMARTS) is 1. The number of H-pyrrole nitrogens is 1. The molecule has 1 aliphatic carbocycles. The summed E-state index contributed by atoms with van der Waals surface area (Å²) < 4.78 is 7.62. The predicted octanol–water partition coefficient (Wildman–Crippen LogP) is 3.68. The number of para-hydroxylation sites is 1. The molecule has 4 rings (SSSR count). The lowest BCUT2D eigenvalue weighted by atomic mass is 9.81. The number of carbonyl (C=O) groups is 1. The maximum atomic E-state index is 12.8. The Bertz CT molecular complexity index is 1070. The lowest BCUT2D eigenvalue weighted by Crippen LogP contribution is -2.22. The topological polar surface area (TPSA) is 110 Å². The fraction of sp³-hybridized carbons (Fsp3) is 0.429. The summed E-state index contributed by atoms with van der Waals surface area (Å²) >= 11 is 0. The molecule has 2 aromatic heterocycles. The Kier molecular flexibility index (Phi) is 5.33. The predicted molar refractivity (Wildman–Crippen MR) is 107 cm³/mol. The minimum absolute atomic E-state index is 0.107. The number of nitrogens with one attached hydrogen (secondary N) is 1. The van der Waals surface area contributed by atoms with Crippen LogP contribution in [0, 0.1) is 5.92 Å². The van der Waals surface area contributed by atoms with E-state index in [1.54, 1.807) is 12.1 Å². The summed E-state index contributed by atoms with van der Waals surface area (Å²) in [6.45, 7) is 2.71. The molecule has 0 radical (unpaired) electrons. The number of hydrogen-bond donors (Lipinski definition) is 2. The fourth-order valence-electron chi connectivity index (χ4n) is 4.05. The standard InChI is InChI=1S/C21H24N4O4/c1-2-12-25-16-17(22-18(25)13-8-10-14(11-9-13)20(27)28)23-21(24-19(16)26)29-15-6-4-3-5-7-15/h3-7,13-14H,2,8-12H2,1H3,(H,27,28)(H,23,24,26). The summed E-state index contributed by atoms with van der Waals surface area (Å²) in [5.74, 6) is 0.508. The molecule has 0 saturated heterocycles. The molecule has 2 heterocycles. The Labute approximate surface area is 167 Å². The second-order valence-electron chi connectivity index (χ2n) is 7.47. The molecule has 8 heteroatoms. The highest BCUT2D eigenvalue weighted by molar-refractivity contribution is 5.71. The molecule has 1 fully saturated rings. The number of ether oxygens (including phenoxy) is 1. The van der Waals surface area contributed by atoms with Gasteiger partial charge in [-0.3, -0.25) is 14.6 Å². The van der Waals surface area contributed by atoms with Crippen LogP contribution in [0.1, 0.15) is 50.8 Å². The molecule has 1 saturated carbocycles. The average molecular weight is 396 g/mol. The summed E-state index contributed by atoms with van der Waals surface area (Å²) in [4.78, 5) is 35.9. The number of hydrogen-bond acceptors (Lipinski definition) is 5.